The Balaban J connectivity index is 2.15. The Labute approximate surface area is 116 Å². The highest BCUT2D eigenvalue weighted by atomic mass is 32.2. The molecule has 100 valence electrons. The molecule has 0 radical (unpaired) electrons. The molecule has 2 N–H and O–H groups in total. The van der Waals surface area contributed by atoms with Gasteiger partial charge in [0.25, 0.3) is 5.91 Å². The molecule has 0 aliphatic carbocycles. The highest BCUT2D eigenvalue weighted by molar-refractivity contribution is 8.13. The molecule has 0 saturated carbocycles. The standard InChI is InChI=1S/C13H16N4OS/c1-13(2)15-9-7-5-4-6-8(9)10-11(18)14-12(19-3)16-17(10)13/h4-7,10,15H,1-3H3,(H,14,16,18)/t10-/m0/s1. The van der Waals surface area contributed by atoms with E-state index in [9.17, 15) is 4.79 Å². The fraction of sp³-hybridized carbons (Fsp3) is 0.385. The number of para-hydroxylation sites is 1. The van der Waals surface area contributed by atoms with Gasteiger partial charge in [0.2, 0.25) is 0 Å². The quantitative estimate of drug-likeness (QED) is 0.760. The smallest absolute Gasteiger partial charge is 0.255 e. The summed E-state index contributed by atoms with van der Waals surface area (Å²) in [5, 5.41) is 13.3. The summed E-state index contributed by atoms with van der Waals surface area (Å²) in [5.74, 6) is -0.0265. The summed E-state index contributed by atoms with van der Waals surface area (Å²) in [4.78, 5) is 12.4. The molecule has 1 aromatic carbocycles. The zero-order valence-electron chi connectivity index (χ0n) is 11.1. The van der Waals surface area contributed by atoms with Crippen molar-refractivity contribution in [2.45, 2.75) is 25.6 Å². The Morgan fingerprint density at radius 1 is 1.37 bits per heavy atom. The van der Waals surface area contributed by atoms with Crippen LogP contribution in [0.1, 0.15) is 25.5 Å². The zero-order chi connectivity index (χ0) is 13.6. The van der Waals surface area contributed by atoms with E-state index in [2.05, 4.69) is 15.7 Å². The van der Waals surface area contributed by atoms with Crippen LogP contribution in [0, 0.1) is 0 Å². The number of nitrogens with zero attached hydrogens (tertiary/aromatic N) is 2. The minimum atomic E-state index is -0.405. The third-order valence-electron chi connectivity index (χ3n) is 3.38. The lowest BCUT2D eigenvalue weighted by Crippen LogP contribution is -2.59. The van der Waals surface area contributed by atoms with Gasteiger partial charge >= 0.3 is 0 Å². The van der Waals surface area contributed by atoms with Crippen LogP contribution < -0.4 is 10.6 Å². The Hall–Kier alpha value is -1.69. The number of anilines is 1. The summed E-state index contributed by atoms with van der Waals surface area (Å²) < 4.78 is 0. The maximum atomic E-state index is 12.4. The van der Waals surface area contributed by atoms with E-state index >= 15 is 0 Å². The van der Waals surface area contributed by atoms with Crippen LogP contribution in [0.2, 0.25) is 0 Å². The average molecular weight is 276 g/mol. The second-order valence-corrected chi connectivity index (χ2v) is 5.91. The molecule has 0 unspecified atom stereocenters. The van der Waals surface area contributed by atoms with E-state index in [-0.39, 0.29) is 11.9 Å². The SMILES string of the molecule is CSC1=NN2[C@H](C(=O)N1)c1ccccc1NC2(C)C. The highest BCUT2D eigenvalue weighted by Crippen LogP contribution is 2.40. The number of fused-ring (bicyclic) bond motifs is 3. The molecule has 1 aromatic rings. The second-order valence-electron chi connectivity index (χ2n) is 5.12. The number of hydrogen-bond acceptors (Lipinski definition) is 5. The van der Waals surface area contributed by atoms with Crippen LogP contribution in [-0.4, -0.2) is 28.0 Å². The predicted octanol–water partition coefficient (Wildman–Crippen LogP) is 1.96. The first-order valence-corrected chi connectivity index (χ1v) is 7.35. The summed E-state index contributed by atoms with van der Waals surface area (Å²) in [6.45, 7) is 4.05. The Morgan fingerprint density at radius 2 is 2.11 bits per heavy atom. The van der Waals surface area contributed by atoms with Crippen molar-refractivity contribution in [2.24, 2.45) is 5.10 Å². The van der Waals surface area contributed by atoms with Crippen LogP contribution in [0.25, 0.3) is 0 Å². The van der Waals surface area contributed by atoms with Crippen LogP contribution >= 0.6 is 11.8 Å². The summed E-state index contributed by atoms with van der Waals surface area (Å²) in [6, 6.07) is 7.50. The molecule has 0 aromatic heterocycles. The van der Waals surface area contributed by atoms with Crippen molar-refractivity contribution in [3.8, 4) is 0 Å². The van der Waals surface area contributed by atoms with Gasteiger partial charge in [0.15, 0.2) is 11.2 Å². The zero-order valence-corrected chi connectivity index (χ0v) is 11.9. The molecule has 2 aliphatic rings. The molecule has 2 heterocycles. The molecule has 5 nitrogen and oxygen atoms in total. The number of amides is 1. The first-order chi connectivity index (χ1) is 9.03. The molecule has 0 spiro atoms. The first kappa shape index (κ1) is 12.3. The van der Waals surface area contributed by atoms with Crippen LogP contribution in [0.4, 0.5) is 5.69 Å². The Bertz CT molecular complexity index is 570. The van der Waals surface area contributed by atoms with Gasteiger partial charge < -0.3 is 10.6 Å². The van der Waals surface area contributed by atoms with Gasteiger partial charge in [-0.3, -0.25) is 9.80 Å². The Kier molecular flexibility index (Phi) is 2.70. The van der Waals surface area contributed by atoms with Crippen LogP contribution in [0.5, 0.6) is 0 Å². The number of amidine groups is 1. The van der Waals surface area contributed by atoms with Gasteiger partial charge in [-0.2, -0.15) is 0 Å². The number of carbonyl (C=O) groups excluding carboxylic acids is 1. The first-order valence-electron chi connectivity index (χ1n) is 6.13. The van der Waals surface area contributed by atoms with E-state index in [1.807, 2.05) is 49.4 Å². The number of carbonyl (C=O) groups is 1. The van der Waals surface area contributed by atoms with E-state index in [0.29, 0.717) is 5.17 Å². The van der Waals surface area contributed by atoms with Crippen molar-refractivity contribution in [1.29, 1.82) is 0 Å². The van der Waals surface area contributed by atoms with Crippen LogP contribution in [0.15, 0.2) is 29.4 Å². The van der Waals surface area contributed by atoms with E-state index in [0.717, 1.165) is 11.3 Å². The predicted molar refractivity (Wildman–Crippen MR) is 77.8 cm³/mol. The molecule has 19 heavy (non-hydrogen) atoms. The van der Waals surface area contributed by atoms with Gasteiger partial charge in [0.1, 0.15) is 5.66 Å². The van der Waals surface area contributed by atoms with Crippen LogP contribution in [-0.2, 0) is 4.79 Å². The summed E-state index contributed by atoms with van der Waals surface area (Å²) in [7, 11) is 0. The molecule has 3 rings (SSSR count). The molecule has 0 bridgehead atoms. The largest absolute Gasteiger partial charge is 0.362 e. The fourth-order valence-electron chi connectivity index (χ4n) is 2.51. The molecule has 1 atom stereocenters. The lowest BCUT2D eigenvalue weighted by molar-refractivity contribution is -0.129. The van der Waals surface area contributed by atoms with Gasteiger partial charge in [0, 0.05) is 11.3 Å². The lowest BCUT2D eigenvalue weighted by atomic mass is 9.96. The molecular formula is C13H16N4OS. The molecule has 1 amide bonds. The summed E-state index contributed by atoms with van der Waals surface area (Å²) >= 11 is 1.44. The molecule has 2 aliphatic heterocycles. The van der Waals surface area contributed by atoms with E-state index in [4.69, 9.17) is 0 Å². The number of hydrogen-bond donors (Lipinski definition) is 2. The summed E-state index contributed by atoms with van der Waals surface area (Å²) in [5.41, 5.74) is 1.55. The number of thioether (sulfide) groups is 1. The van der Waals surface area contributed by atoms with Gasteiger partial charge in [-0.1, -0.05) is 30.0 Å². The van der Waals surface area contributed by atoms with Gasteiger partial charge in [-0.05, 0) is 26.2 Å². The summed E-state index contributed by atoms with van der Waals surface area (Å²) in [6.07, 6.45) is 1.90. The molecule has 0 saturated heterocycles. The van der Waals surface area contributed by atoms with Crippen molar-refractivity contribution in [2.75, 3.05) is 11.6 Å². The van der Waals surface area contributed by atoms with E-state index < -0.39 is 5.66 Å². The van der Waals surface area contributed by atoms with Crippen LogP contribution in [0.3, 0.4) is 0 Å². The van der Waals surface area contributed by atoms with Crippen molar-refractivity contribution >= 4 is 28.5 Å². The third kappa shape index (κ3) is 1.87. The topological polar surface area (TPSA) is 56.7 Å². The molecular weight excluding hydrogens is 260 g/mol. The minimum Gasteiger partial charge on any atom is -0.362 e. The van der Waals surface area contributed by atoms with Gasteiger partial charge in [0.05, 0.1) is 0 Å². The number of benzene rings is 1. The maximum absolute atomic E-state index is 12.4. The fourth-order valence-corrected chi connectivity index (χ4v) is 2.89. The van der Waals surface area contributed by atoms with Gasteiger partial charge in [-0.25, -0.2) is 0 Å². The molecule has 0 fully saturated rings. The van der Waals surface area contributed by atoms with Crippen molar-refractivity contribution in [1.82, 2.24) is 10.3 Å². The lowest BCUT2D eigenvalue weighted by Gasteiger charge is -2.48. The highest BCUT2D eigenvalue weighted by Gasteiger charge is 2.44. The average Bonchev–Trinajstić information content (AvgIpc) is 2.38. The minimum absolute atomic E-state index is 0.0265. The Morgan fingerprint density at radius 3 is 2.84 bits per heavy atom. The van der Waals surface area contributed by atoms with Crippen molar-refractivity contribution < 1.29 is 4.79 Å². The van der Waals surface area contributed by atoms with Crippen molar-refractivity contribution in [3.63, 3.8) is 0 Å². The van der Waals surface area contributed by atoms with E-state index in [1.165, 1.54) is 11.8 Å². The number of rotatable bonds is 0. The number of nitrogens with one attached hydrogen (secondary N) is 2. The van der Waals surface area contributed by atoms with E-state index in [1.54, 1.807) is 0 Å². The number of hydrazone groups is 1. The van der Waals surface area contributed by atoms with Gasteiger partial charge in [-0.15, -0.1) is 5.10 Å². The van der Waals surface area contributed by atoms with Crippen molar-refractivity contribution in [3.05, 3.63) is 29.8 Å². The maximum Gasteiger partial charge on any atom is 0.255 e. The molecule has 6 heteroatoms. The normalized spacial score (nSPS) is 23.7. The second kappa shape index (κ2) is 4.16. The monoisotopic (exact) mass is 276 g/mol. The third-order valence-corrected chi connectivity index (χ3v) is 3.95.